The first-order chi connectivity index (χ1) is 9.74. The Morgan fingerprint density at radius 2 is 2.00 bits per heavy atom. The quantitative estimate of drug-likeness (QED) is 0.634. The molecule has 5 nitrogen and oxygen atoms in total. The normalized spacial score (nSPS) is 10.8. The first-order valence-electron chi connectivity index (χ1n) is 6.33. The lowest BCUT2D eigenvalue weighted by molar-refractivity contribution is 0.281. The van der Waals surface area contributed by atoms with E-state index in [-0.39, 0.29) is 6.61 Å². The lowest BCUT2D eigenvalue weighted by Crippen LogP contribution is -2.00. The van der Waals surface area contributed by atoms with Gasteiger partial charge in [0.05, 0.1) is 6.61 Å². The summed E-state index contributed by atoms with van der Waals surface area (Å²) in [5.74, 6) is 0. The molecule has 0 radical (unpaired) electrons. The van der Waals surface area contributed by atoms with E-state index in [1.165, 1.54) is 0 Å². The van der Waals surface area contributed by atoms with Crippen molar-refractivity contribution in [1.82, 2.24) is 4.98 Å². The fourth-order valence-corrected chi connectivity index (χ4v) is 2.03. The molecule has 2 aromatic carbocycles. The molecule has 0 aliphatic rings. The molecule has 0 saturated carbocycles. The van der Waals surface area contributed by atoms with E-state index in [4.69, 9.17) is 15.3 Å². The van der Waals surface area contributed by atoms with Gasteiger partial charge in [0.2, 0.25) is 0 Å². The molecule has 20 heavy (non-hydrogen) atoms. The lowest BCUT2D eigenvalue weighted by Gasteiger charge is -2.03. The molecular formula is C15H15N3O2. The number of rotatable bonds is 4. The summed E-state index contributed by atoms with van der Waals surface area (Å²) in [5.41, 5.74) is 9.72. The van der Waals surface area contributed by atoms with E-state index in [2.05, 4.69) is 10.3 Å². The predicted octanol–water partition coefficient (Wildman–Crippen LogP) is 2.51. The Labute approximate surface area is 116 Å². The number of aliphatic hydroxyl groups excluding tert-OH is 1. The summed E-state index contributed by atoms with van der Waals surface area (Å²) in [6.07, 6.45) is 0. The third kappa shape index (κ3) is 2.57. The van der Waals surface area contributed by atoms with Gasteiger partial charge in [0.15, 0.2) is 5.58 Å². The first kappa shape index (κ1) is 12.5. The van der Waals surface area contributed by atoms with Crippen molar-refractivity contribution in [1.29, 1.82) is 0 Å². The van der Waals surface area contributed by atoms with Crippen molar-refractivity contribution in [2.75, 3.05) is 11.1 Å². The van der Waals surface area contributed by atoms with Crippen molar-refractivity contribution in [3.8, 4) is 0 Å². The predicted molar refractivity (Wildman–Crippen MR) is 78.1 cm³/mol. The molecule has 0 aliphatic heterocycles. The van der Waals surface area contributed by atoms with E-state index >= 15 is 0 Å². The summed E-state index contributed by atoms with van der Waals surface area (Å²) < 4.78 is 5.58. The van der Waals surface area contributed by atoms with Crippen molar-refractivity contribution >= 4 is 22.8 Å². The number of hydrogen-bond acceptors (Lipinski definition) is 5. The van der Waals surface area contributed by atoms with Crippen LogP contribution in [0.4, 0.5) is 11.7 Å². The number of oxazole rings is 1. The summed E-state index contributed by atoms with van der Waals surface area (Å²) in [6, 6.07) is 13.5. The van der Waals surface area contributed by atoms with Gasteiger partial charge >= 0.3 is 0 Å². The number of fused-ring (bicyclic) bond motifs is 1. The van der Waals surface area contributed by atoms with Gasteiger partial charge < -0.3 is 20.6 Å². The van der Waals surface area contributed by atoms with Crippen LogP contribution < -0.4 is 11.1 Å². The summed E-state index contributed by atoms with van der Waals surface area (Å²) in [6.45, 7) is 0.617. The SMILES string of the molecule is Nc1ccc2nc(NCc3cccc(CO)c3)oc2c1. The van der Waals surface area contributed by atoms with Crippen LogP contribution in [0.2, 0.25) is 0 Å². The van der Waals surface area contributed by atoms with Crippen LogP contribution in [0.25, 0.3) is 11.1 Å². The highest BCUT2D eigenvalue weighted by molar-refractivity contribution is 5.78. The highest BCUT2D eigenvalue weighted by atomic mass is 16.4. The minimum Gasteiger partial charge on any atom is -0.423 e. The second kappa shape index (κ2) is 5.22. The average Bonchev–Trinajstić information content (AvgIpc) is 2.87. The van der Waals surface area contributed by atoms with Gasteiger partial charge in [-0.1, -0.05) is 24.3 Å². The van der Waals surface area contributed by atoms with Crippen LogP contribution in [0.1, 0.15) is 11.1 Å². The van der Waals surface area contributed by atoms with Gasteiger partial charge in [-0.15, -0.1) is 0 Å². The molecule has 0 aliphatic carbocycles. The molecule has 0 amide bonds. The van der Waals surface area contributed by atoms with Gasteiger partial charge in [-0.25, -0.2) is 0 Å². The topological polar surface area (TPSA) is 84.3 Å². The lowest BCUT2D eigenvalue weighted by atomic mass is 10.1. The third-order valence-electron chi connectivity index (χ3n) is 3.03. The van der Waals surface area contributed by atoms with Gasteiger partial charge in [0.25, 0.3) is 6.01 Å². The molecule has 0 spiro atoms. The van der Waals surface area contributed by atoms with Gasteiger partial charge in [-0.2, -0.15) is 4.98 Å². The maximum atomic E-state index is 9.11. The molecular weight excluding hydrogens is 254 g/mol. The minimum atomic E-state index is 0.0377. The molecule has 3 aromatic rings. The van der Waals surface area contributed by atoms with Gasteiger partial charge in [0, 0.05) is 18.3 Å². The third-order valence-corrected chi connectivity index (χ3v) is 3.03. The highest BCUT2D eigenvalue weighted by Crippen LogP contribution is 2.21. The maximum absolute atomic E-state index is 9.11. The number of nitrogen functional groups attached to an aromatic ring is 1. The smallest absolute Gasteiger partial charge is 0.295 e. The Balaban J connectivity index is 1.76. The number of benzene rings is 2. The number of nitrogens with zero attached hydrogens (tertiary/aromatic N) is 1. The second-order valence-corrected chi connectivity index (χ2v) is 4.58. The number of anilines is 2. The molecule has 0 saturated heterocycles. The van der Waals surface area contributed by atoms with E-state index in [1.807, 2.05) is 30.3 Å². The van der Waals surface area contributed by atoms with Gasteiger partial charge in [-0.05, 0) is 23.3 Å². The standard InChI is InChI=1S/C15H15N3O2/c16-12-4-5-13-14(7-12)20-15(18-13)17-8-10-2-1-3-11(6-10)9-19/h1-7,19H,8-9,16H2,(H,17,18). The molecule has 4 N–H and O–H groups in total. The van der Waals surface area contributed by atoms with Crippen molar-refractivity contribution < 1.29 is 9.52 Å². The number of nitrogens with two attached hydrogens (primary N) is 1. The molecule has 3 rings (SSSR count). The fourth-order valence-electron chi connectivity index (χ4n) is 2.03. The van der Waals surface area contributed by atoms with Crippen LogP contribution >= 0.6 is 0 Å². The maximum Gasteiger partial charge on any atom is 0.295 e. The number of nitrogens with one attached hydrogen (secondary N) is 1. The van der Waals surface area contributed by atoms with E-state index in [1.54, 1.807) is 12.1 Å². The van der Waals surface area contributed by atoms with Crippen LogP contribution in [0, 0.1) is 0 Å². The van der Waals surface area contributed by atoms with Crippen LogP contribution in [-0.4, -0.2) is 10.1 Å². The van der Waals surface area contributed by atoms with E-state index in [9.17, 15) is 0 Å². The average molecular weight is 269 g/mol. The molecule has 1 heterocycles. The Hall–Kier alpha value is -2.53. The van der Waals surface area contributed by atoms with E-state index < -0.39 is 0 Å². The van der Waals surface area contributed by atoms with Gasteiger partial charge in [0.1, 0.15) is 5.52 Å². The number of aromatic nitrogens is 1. The molecule has 0 bridgehead atoms. The molecule has 0 unspecified atom stereocenters. The number of hydrogen-bond donors (Lipinski definition) is 3. The van der Waals surface area contributed by atoms with Crippen molar-refractivity contribution in [3.05, 3.63) is 53.6 Å². The van der Waals surface area contributed by atoms with Crippen molar-refractivity contribution in [3.63, 3.8) is 0 Å². The van der Waals surface area contributed by atoms with Crippen LogP contribution in [-0.2, 0) is 13.2 Å². The summed E-state index contributed by atoms with van der Waals surface area (Å²) in [7, 11) is 0. The Morgan fingerprint density at radius 3 is 2.85 bits per heavy atom. The monoisotopic (exact) mass is 269 g/mol. The molecule has 1 aromatic heterocycles. The van der Waals surface area contributed by atoms with E-state index in [0.29, 0.717) is 23.8 Å². The number of aliphatic hydroxyl groups is 1. The zero-order chi connectivity index (χ0) is 13.9. The van der Waals surface area contributed by atoms with Crippen LogP contribution in [0.3, 0.4) is 0 Å². The summed E-state index contributed by atoms with van der Waals surface area (Å²) >= 11 is 0. The Bertz CT molecular complexity index is 737. The van der Waals surface area contributed by atoms with Crippen LogP contribution in [0.15, 0.2) is 46.9 Å². The van der Waals surface area contributed by atoms with E-state index in [0.717, 1.165) is 16.6 Å². The molecule has 0 fully saturated rings. The van der Waals surface area contributed by atoms with Gasteiger partial charge in [-0.3, -0.25) is 0 Å². The van der Waals surface area contributed by atoms with Crippen molar-refractivity contribution in [2.45, 2.75) is 13.2 Å². The minimum absolute atomic E-state index is 0.0377. The molecule has 5 heteroatoms. The Morgan fingerprint density at radius 1 is 1.15 bits per heavy atom. The zero-order valence-corrected chi connectivity index (χ0v) is 10.8. The zero-order valence-electron chi connectivity index (χ0n) is 10.8. The Kier molecular flexibility index (Phi) is 3.26. The molecule has 102 valence electrons. The van der Waals surface area contributed by atoms with Crippen LogP contribution in [0.5, 0.6) is 0 Å². The largest absolute Gasteiger partial charge is 0.423 e. The summed E-state index contributed by atoms with van der Waals surface area (Å²) in [4.78, 5) is 4.33. The second-order valence-electron chi connectivity index (χ2n) is 4.58. The molecule has 0 atom stereocenters. The summed E-state index contributed by atoms with van der Waals surface area (Å²) in [5, 5.41) is 12.2. The fraction of sp³-hybridized carbons (Fsp3) is 0.133. The van der Waals surface area contributed by atoms with Crippen molar-refractivity contribution in [2.24, 2.45) is 0 Å². The highest BCUT2D eigenvalue weighted by Gasteiger charge is 2.05. The first-order valence-corrected chi connectivity index (χ1v) is 6.33.